The van der Waals surface area contributed by atoms with Crippen molar-refractivity contribution in [2.24, 2.45) is 0 Å². The van der Waals surface area contributed by atoms with Gasteiger partial charge in [0, 0.05) is 23.4 Å². The largest absolute Gasteiger partial charge is 0.496 e. The average Bonchev–Trinajstić information content (AvgIpc) is 2.64. The van der Waals surface area contributed by atoms with Crippen LogP contribution in [0.1, 0.15) is 21.5 Å². The fraction of sp³-hybridized carbons (Fsp3) is 0.364. The van der Waals surface area contributed by atoms with Crippen LogP contribution in [0.3, 0.4) is 0 Å². The molecule has 2 N–H and O–H groups in total. The van der Waals surface area contributed by atoms with Gasteiger partial charge in [0.05, 0.1) is 12.7 Å². The van der Waals surface area contributed by atoms with Gasteiger partial charge in [-0.1, -0.05) is 0 Å². The van der Waals surface area contributed by atoms with Crippen LogP contribution >= 0.6 is 0 Å². The standard InChI is InChI=1S/C11H13NO3/c1-6-8(11(13)14)5-9-7(3-4-12-9)10(6)15-2/h5,12H,3-4H2,1-2H3,(H,13,14). The number of hydrogen-bond donors (Lipinski definition) is 2. The van der Waals surface area contributed by atoms with Crippen molar-refractivity contribution in [1.29, 1.82) is 0 Å². The maximum atomic E-state index is 11.0. The zero-order chi connectivity index (χ0) is 11.0. The quantitative estimate of drug-likeness (QED) is 0.774. The summed E-state index contributed by atoms with van der Waals surface area (Å²) < 4.78 is 5.28. The van der Waals surface area contributed by atoms with Crippen LogP contribution in [0.25, 0.3) is 0 Å². The fourth-order valence-corrected chi connectivity index (χ4v) is 2.04. The van der Waals surface area contributed by atoms with E-state index in [1.54, 1.807) is 20.1 Å². The lowest BCUT2D eigenvalue weighted by molar-refractivity contribution is 0.0695. The van der Waals surface area contributed by atoms with E-state index in [0.717, 1.165) is 24.2 Å². The van der Waals surface area contributed by atoms with E-state index in [1.165, 1.54) is 0 Å². The third kappa shape index (κ3) is 1.42. The van der Waals surface area contributed by atoms with E-state index < -0.39 is 5.97 Å². The Bertz CT molecular complexity index is 426. The summed E-state index contributed by atoms with van der Waals surface area (Å²) in [5.74, 6) is -0.211. The normalized spacial score (nSPS) is 13.2. The van der Waals surface area contributed by atoms with Gasteiger partial charge in [0.15, 0.2) is 0 Å². The Balaban J connectivity index is 2.67. The maximum absolute atomic E-state index is 11.0. The number of anilines is 1. The second-order valence-electron chi connectivity index (χ2n) is 3.59. The fourth-order valence-electron chi connectivity index (χ4n) is 2.04. The topological polar surface area (TPSA) is 58.6 Å². The predicted octanol–water partition coefficient (Wildman–Crippen LogP) is 1.67. The van der Waals surface area contributed by atoms with Gasteiger partial charge in [0.1, 0.15) is 5.75 Å². The molecular weight excluding hydrogens is 194 g/mol. The molecule has 1 aromatic carbocycles. The molecule has 0 amide bonds. The summed E-state index contributed by atoms with van der Waals surface area (Å²) in [5.41, 5.74) is 2.97. The van der Waals surface area contributed by atoms with Crippen LogP contribution in [0, 0.1) is 6.92 Å². The van der Waals surface area contributed by atoms with Crippen molar-refractivity contribution in [3.63, 3.8) is 0 Å². The molecule has 0 fully saturated rings. The molecule has 0 aliphatic carbocycles. The molecule has 4 nitrogen and oxygen atoms in total. The molecule has 0 saturated heterocycles. The number of carboxylic acids is 1. The number of nitrogens with one attached hydrogen (secondary N) is 1. The summed E-state index contributed by atoms with van der Waals surface area (Å²) in [5, 5.41) is 12.2. The summed E-state index contributed by atoms with van der Waals surface area (Å²) in [7, 11) is 1.58. The summed E-state index contributed by atoms with van der Waals surface area (Å²) in [6.07, 6.45) is 0.888. The monoisotopic (exact) mass is 207 g/mol. The first-order valence-corrected chi connectivity index (χ1v) is 4.82. The van der Waals surface area contributed by atoms with Crippen LogP contribution < -0.4 is 10.1 Å². The minimum absolute atomic E-state index is 0.306. The van der Waals surface area contributed by atoms with Crippen LogP contribution in [0.15, 0.2) is 6.07 Å². The Morgan fingerprint density at radius 3 is 2.93 bits per heavy atom. The second-order valence-corrected chi connectivity index (χ2v) is 3.59. The minimum Gasteiger partial charge on any atom is -0.496 e. The van der Waals surface area contributed by atoms with E-state index in [0.29, 0.717) is 16.9 Å². The number of fused-ring (bicyclic) bond motifs is 1. The van der Waals surface area contributed by atoms with E-state index in [4.69, 9.17) is 9.84 Å². The zero-order valence-corrected chi connectivity index (χ0v) is 8.76. The highest BCUT2D eigenvalue weighted by molar-refractivity contribution is 5.92. The van der Waals surface area contributed by atoms with Crippen molar-refractivity contribution < 1.29 is 14.6 Å². The van der Waals surface area contributed by atoms with Crippen molar-refractivity contribution in [3.05, 3.63) is 22.8 Å². The first-order valence-electron chi connectivity index (χ1n) is 4.82. The maximum Gasteiger partial charge on any atom is 0.336 e. The molecule has 0 aromatic heterocycles. The van der Waals surface area contributed by atoms with Gasteiger partial charge in [0.2, 0.25) is 0 Å². The number of benzene rings is 1. The van der Waals surface area contributed by atoms with Gasteiger partial charge in [-0.2, -0.15) is 0 Å². The van der Waals surface area contributed by atoms with Crippen LogP contribution in [-0.4, -0.2) is 24.7 Å². The number of carboxylic acid groups (broad SMARTS) is 1. The SMILES string of the molecule is COc1c(C)c(C(=O)O)cc2c1CCN2. The molecule has 0 saturated carbocycles. The van der Waals surface area contributed by atoms with Crippen molar-refractivity contribution in [2.75, 3.05) is 19.0 Å². The molecule has 1 aliphatic rings. The number of carbonyl (C=O) groups is 1. The number of hydrogen-bond acceptors (Lipinski definition) is 3. The molecule has 1 aromatic rings. The first kappa shape index (κ1) is 9.83. The molecular formula is C11H13NO3. The molecule has 1 aliphatic heterocycles. The zero-order valence-electron chi connectivity index (χ0n) is 8.76. The Labute approximate surface area is 87.9 Å². The van der Waals surface area contributed by atoms with E-state index in [9.17, 15) is 4.79 Å². The van der Waals surface area contributed by atoms with Crippen molar-refractivity contribution in [3.8, 4) is 5.75 Å². The predicted molar refractivity (Wildman–Crippen MR) is 56.9 cm³/mol. The van der Waals surface area contributed by atoms with Gasteiger partial charge in [-0.3, -0.25) is 0 Å². The van der Waals surface area contributed by atoms with Crippen LogP contribution in [0.5, 0.6) is 5.75 Å². The molecule has 0 radical (unpaired) electrons. The molecule has 4 heteroatoms. The lowest BCUT2D eigenvalue weighted by atomic mass is 10.0. The van der Waals surface area contributed by atoms with E-state index in [2.05, 4.69) is 5.32 Å². The van der Waals surface area contributed by atoms with Gasteiger partial charge in [-0.15, -0.1) is 0 Å². The van der Waals surface area contributed by atoms with Gasteiger partial charge < -0.3 is 15.2 Å². The van der Waals surface area contributed by atoms with Crippen molar-refractivity contribution in [2.45, 2.75) is 13.3 Å². The number of aromatic carboxylic acids is 1. The molecule has 0 atom stereocenters. The Morgan fingerprint density at radius 2 is 2.33 bits per heavy atom. The third-order valence-corrected chi connectivity index (χ3v) is 2.76. The average molecular weight is 207 g/mol. The van der Waals surface area contributed by atoms with Crippen LogP contribution in [0.2, 0.25) is 0 Å². The molecule has 15 heavy (non-hydrogen) atoms. The van der Waals surface area contributed by atoms with E-state index in [-0.39, 0.29) is 0 Å². The van der Waals surface area contributed by atoms with Crippen molar-refractivity contribution in [1.82, 2.24) is 0 Å². The number of rotatable bonds is 2. The summed E-state index contributed by atoms with van der Waals surface area (Å²) in [6.45, 7) is 2.62. The highest BCUT2D eigenvalue weighted by Gasteiger charge is 2.22. The number of methoxy groups -OCH3 is 1. The number of ether oxygens (including phenoxy) is 1. The Hall–Kier alpha value is -1.71. The second kappa shape index (κ2) is 3.46. The first-order chi connectivity index (χ1) is 7.15. The van der Waals surface area contributed by atoms with E-state index >= 15 is 0 Å². The van der Waals surface area contributed by atoms with Gasteiger partial charge in [0.25, 0.3) is 0 Å². The third-order valence-electron chi connectivity index (χ3n) is 2.76. The van der Waals surface area contributed by atoms with Crippen LogP contribution in [-0.2, 0) is 6.42 Å². The lowest BCUT2D eigenvalue weighted by Gasteiger charge is -2.12. The van der Waals surface area contributed by atoms with Crippen LogP contribution in [0.4, 0.5) is 5.69 Å². The highest BCUT2D eigenvalue weighted by atomic mass is 16.5. The Kier molecular flexibility index (Phi) is 2.26. The van der Waals surface area contributed by atoms with Gasteiger partial charge in [-0.25, -0.2) is 4.79 Å². The van der Waals surface area contributed by atoms with Crippen molar-refractivity contribution >= 4 is 11.7 Å². The summed E-state index contributed by atoms with van der Waals surface area (Å²) in [4.78, 5) is 11.0. The molecule has 0 unspecified atom stereocenters. The molecule has 1 heterocycles. The van der Waals surface area contributed by atoms with Gasteiger partial charge >= 0.3 is 5.97 Å². The Morgan fingerprint density at radius 1 is 1.60 bits per heavy atom. The smallest absolute Gasteiger partial charge is 0.336 e. The summed E-state index contributed by atoms with van der Waals surface area (Å²) >= 11 is 0. The molecule has 80 valence electrons. The summed E-state index contributed by atoms with van der Waals surface area (Å²) in [6, 6.07) is 1.68. The lowest BCUT2D eigenvalue weighted by Crippen LogP contribution is -2.04. The van der Waals surface area contributed by atoms with Gasteiger partial charge in [-0.05, 0) is 19.4 Å². The van der Waals surface area contributed by atoms with E-state index in [1.807, 2.05) is 0 Å². The minimum atomic E-state index is -0.915. The molecule has 2 rings (SSSR count). The molecule has 0 bridgehead atoms. The highest BCUT2D eigenvalue weighted by Crippen LogP contribution is 2.36. The molecule has 0 spiro atoms.